The number of nitrogens with zero attached hydrogens (tertiary/aromatic N) is 3. The predicted molar refractivity (Wildman–Crippen MR) is 106 cm³/mol. The van der Waals surface area contributed by atoms with Crippen LogP contribution in [-0.2, 0) is 0 Å². The molecule has 0 spiro atoms. The van der Waals surface area contributed by atoms with Crippen molar-refractivity contribution < 1.29 is 4.79 Å². The lowest BCUT2D eigenvalue weighted by atomic mass is 10.2. The highest BCUT2D eigenvalue weighted by atomic mass is 32.1. The molecule has 2 aromatic heterocycles. The third kappa shape index (κ3) is 3.60. The van der Waals surface area contributed by atoms with E-state index in [0.29, 0.717) is 5.69 Å². The number of carbonyl (C=O) groups is 1. The Bertz CT molecular complexity index is 914. The van der Waals surface area contributed by atoms with E-state index in [1.54, 1.807) is 5.38 Å². The number of hydrogen-bond acceptors (Lipinski definition) is 5. The minimum Gasteiger partial charge on any atom is -0.357 e. The maximum atomic E-state index is 12.4. The molecule has 0 atom stereocenters. The summed E-state index contributed by atoms with van der Waals surface area (Å²) in [7, 11) is 0. The average molecular weight is 364 g/mol. The largest absolute Gasteiger partial charge is 0.357 e. The van der Waals surface area contributed by atoms with Gasteiger partial charge in [0.05, 0.1) is 0 Å². The predicted octanol–water partition coefficient (Wildman–Crippen LogP) is 4.37. The Kier molecular flexibility index (Phi) is 4.67. The van der Waals surface area contributed by atoms with Crippen molar-refractivity contribution in [2.24, 2.45) is 0 Å². The summed E-state index contributed by atoms with van der Waals surface area (Å²) in [6.45, 7) is 4.15. The molecule has 6 heteroatoms. The van der Waals surface area contributed by atoms with Gasteiger partial charge in [0.1, 0.15) is 16.5 Å². The number of rotatable bonds is 4. The normalized spacial score (nSPS) is 13.8. The van der Waals surface area contributed by atoms with Gasteiger partial charge in [-0.2, -0.15) is 0 Å². The van der Waals surface area contributed by atoms with Crippen LogP contribution in [0.3, 0.4) is 0 Å². The number of aromatic nitrogens is 2. The molecule has 26 heavy (non-hydrogen) atoms. The Morgan fingerprint density at radius 2 is 2.04 bits per heavy atom. The van der Waals surface area contributed by atoms with Crippen molar-refractivity contribution in [3.63, 3.8) is 0 Å². The van der Waals surface area contributed by atoms with Crippen molar-refractivity contribution in [1.29, 1.82) is 0 Å². The van der Waals surface area contributed by atoms with Crippen LogP contribution in [0.5, 0.6) is 0 Å². The highest BCUT2D eigenvalue weighted by molar-refractivity contribution is 7.13. The molecule has 1 aliphatic rings. The van der Waals surface area contributed by atoms with Gasteiger partial charge in [0.2, 0.25) is 0 Å². The summed E-state index contributed by atoms with van der Waals surface area (Å²) < 4.78 is 0. The zero-order chi connectivity index (χ0) is 17.9. The fraction of sp³-hybridized carbons (Fsp3) is 0.250. The zero-order valence-corrected chi connectivity index (χ0v) is 15.4. The van der Waals surface area contributed by atoms with Gasteiger partial charge >= 0.3 is 0 Å². The second-order valence-electron chi connectivity index (χ2n) is 6.46. The van der Waals surface area contributed by atoms with E-state index in [4.69, 9.17) is 0 Å². The molecule has 3 heterocycles. The molecular formula is C20H20N4OS. The van der Waals surface area contributed by atoms with Crippen LogP contribution in [0.4, 0.5) is 11.5 Å². The van der Waals surface area contributed by atoms with E-state index in [1.165, 1.54) is 24.2 Å². The molecule has 5 nitrogen and oxygen atoms in total. The summed E-state index contributed by atoms with van der Waals surface area (Å²) in [6, 6.07) is 11.8. The van der Waals surface area contributed by atoms with Gasteiger partial charge in [0.25, 0.3) is 5.91 Å². The number of benzene rings is 1. The molecule has 0 unspecified atom stereocenters. The summed E-state index contributed by atoms with van der Waals surface area (Å²) in [6.07, 6.45) is 4.30. The molecule has 1 fully saturated rings. The first-order valence-electron chi connectivity index (χ1n) is 8.74. The lowest BCUT2D eigenvalue weighted by Gasteiger charge is -2.15. The second kappa shape index (κ2) is 7.25. The molecule has 1 amide bonds. The molecule has 4 rings (SSSR count). The zero-order valence-electron chi connectivity index (χ0n) is 14.6. The number of thiazole rings is 1. The van der Waals surface area contributed by atoms with Crippen LogP contribution >= 0.6 is 11.3 Å². The maximum Gasteiger partial charge on any atom is 0.275 e. The third-order valence-electron chi connectivity index (χ3n) is 4.44. The Balaban J connectivity index is 1.47. The van der Waals surface area contributed by atoms with E-state index in [-0.39, 0.29) is 5.91 Å². The third-order valence-corrected chi connectivity index (χ3v) is 5.33. The number of amides is 1. The summed E-state index contributed by atoms with van der Waals surface area (Å²) in [5.41, 5.74) is 3.25. The molecule has 0 saturated carbocycles. The summed E-state index contributed by atoms with van der Waals surface area (Å²) in [5.74, 6) is 0.819. The molecular weight excluding hydrogens is 344 g/mol. The smallest absolute Gasteiger partial charge is 0.275 e. The molecule has 1 aliphatic heterocycles. The van der Waals surface area contributed by atoms with Crippen LogP contribution in [0, 0.1) is 6.92 Å². The Morgan fingerprint density at radius 3 is 2.77 bits per heavy atom. The SMILES string of the molecule is Cc1cccc(NC(=O)c2csc(-c3ccc(N4CCCC4)nc3)n2)c1. The first-order valence-corrected chi connectivity index (χ1v) is 9.62. The van der Waals surface area contributed by atoms with Crippen molar-refractivity contribution >= 4 is 28.7 Å². The van der Waals surface area contributed by atoms with Gasteiger partial charge in [-0.3, -0.25) is 4.79 Å². The van der Waals surface area contributed by atoms with Crippen molar-refractivity contribution in [2.45, 2.75) is 19.8 Å². The van der Waals surface area contributed by atoms with Crippen molar-refractivity contribution in [3.05, 3.63) is 59.2 Å². The number of aryl methyl sites for hydroxylation is 1. The number of nitrogens with one attached hydrogen (secondary N) is 1. The number of anilines is 2. The van der Waals surface area contributed by atoms with Crippen LogP contribution in [-0.4, -0.2) is 29.0 Å². The number of hydrogen-bond donors (Lipinski definition) is 1. The molecule has 0 aliphatic carbocycles. The lowest BCUT2D eigenvalue weighted by Crippen LogP contribution is -2.18. The summed E-state index contributed by atoms with van der Waals surface area (Å²) in [4.78, 5) is 23.7. The fourth-order valence-corrected chi connectivity index (χ4v) is 3.87. The minimum absolute atomic E-state index is 0.195. The van der Waals surface area contributed by atoms with Gasteiger partial charge in [-0.05, 0) is 49.6 Å². The maximum absolute atomic E-state index is 12.4. The quantitative estimate of drug-likeness (QED) is 0.747. The van der Waals surface area contributed by atoms with E-state index < -0.39 is 0 Å². The summed E-state index contributed by atoms with van der Waals surface area (Å²) >= 11 is 1.46. The van der Waals surface area contributed by atoms with E-state index in [1.807, 2.05) is 49.5 Å². The van der Waals surface area contributed by atoms with Crippen molar-refractivity contribution in [1.82, 2.24) is 9.97 Å². The van der Waals surface area contributed by atoms with Crippen LogP contribution in [0.2, 0.25) is 0 Å². The Morgan fingerprint density at radius 1 is 1.19 bits per heavy atom. The van der Waals surface area contributed by atoms with Crippen LogP contribution in [0.1, 0.15) is 28.9 Å². The molecule has 132 valence electrons. The monoisotopic (exact) mass is 364 g/mol. The van der Waals surface area contributed by atoms with Crippen LogP contribution < -0.4 is 10.2 Å². The molecule has 3 aromatic rings. The first-order chi connectivity index (χ1) is 12.7. The summed E-state index contributed by atoms with van der Waals surface area (Å²) in [5, 5.41) is 5.48. The topological polar surface area (TPSA) is 58.1 Å². The fourth-order valence-electron chi connectivity index (χ4n) is 3.07. The Labute approximate surface area is 156 Å². The van der Waals surface area contributed by atoms with Gasteiger partial charge < -0.3 is 10.2 Å². The molecule has 1 N–H and O–H groups in total. The van der Waals surface area contributed by atoms with Gasteiger partial charge in [-0.15, -0.1) is 11.3 Å². The van der Waals surface area contributed by atoms with E-state index in [2.05, 4.69) is 20.2 Å². The van der Waals surface area contributed by atoms with E-state index in [9.17, 15) is 4.79 Å². The standard InChI is InChI=1S/C20H20N4OS/c1-14-5-4-6-16(11-14)22-19(25)17-13-26-20(23-17)15-7-8-18(21-12-15)24-9-2-3-10-24/h4-8,11-13H,2-3,9-10H2,1H3,(H,22,25). The van der Waals surface area contributed by atoms with E-state index in [0.717, 1.165) is 40.7 Å². The molecule has 1 saturated heterocycles. The van der Waals surface area contributed by atoms with E-state index >= 15 is 0 Å². The minimum atomic E-state index is -0.195. The van der Waals surface area contributed by atoms with Gasteiger partial charge in [-0.25, -0.2) is 9.97 Å². The lowest BCUT2D eigenvalue weighted by molar-refractivity contribution is 0.102. The van der Waals surface area contributed by atoms with Crippen molar-refractivity contribution in [2.75, 3.05) is 23.3 Å². The van der Waals surface area contributed by atoms with Gasteiger partial charge in [0.15, 0.2) is 0 Å². The number of pyridine rings is 1. The highest BCUT2D eigenvalue weighted by Gasteiger charge is 2.15. The van der Waals surface area contributed by atoms with Gasteiger partial charge in [0, 0.05) is 35.9 Å². The van der Waals surface area contributed by atoms with Crippen LogP contribution in [0.15, 0.2) is 48.0 Å². The molecule has 1 aromatic carbocycles. The average Bonchev–Trinajstić information content (AvgIpc) is 3.34. The van der Waals surface area contributed by atoms with Gasteiger partial charge in [-0.1, -0.05) is 12.1 Å². The number of carbonyl (C=O) groups excluding carboxylic acids is 1. The Hall–Kier alpha value is -2.73. The molecule has 0 bridgehead atoms. The van der Waals surface area contributed by atoms with Crippen LogP contribution in [0.25, 0.3) is 10.6 Å². The molecule has 0 radical (unpaired) electrons. The highest BCUT2D eigenvalue weighted by Crippen LogP contribution is 2.26. The first kappa shape index (κ1) is 16.7. The van der Waals surface area contributed by atoms with Crippen molar-refractivity contribution in [3.8, 4) is 10.6 Å². The second-order valence-corrected chi connectivity index (χ2v) is 7.32.